The molecule has 2 fully saturated rings. The number of nitrogens with zero attached hydrogens (tertiary/aromatic N) is 2. The maximum Gasteiger partial charge on any atom is 0.0571 e. The van der Waals surface area contributed by atoms with Gasteiger partial charge < -0.3 is 9.64 Å². The van der Waals surface area contributed by atoms with E-state index in [0.717, 1.165) is 12.0 Å². The van der Waals surface area contributed by atoms with E-state index in [4.69, 9.17) is 4.74 Å². The Morgan fingerprint density at radius 3 is 2.38 bits per heavy atom. The lowest BCUT2D eigenvalue weighted by Gasteiger charge is -2.42. The van der Waals surface area contributed by atoms with Crippen molar-refractivity contribution in [3.8, 4) is 0 Å². The van der Waals surface area contributed by atoms with Gasteiger partial charge in [-0.05, 0) is 71.8 Å². The summed E-state index contributed by atoms with van der Waals surface area (Å²) in [5.74, 6) is 0.964. The molecule has 0 aromatic rings. The van der Waals surface area contributed by atoms with E-state index < -0.39 is 0 Å². The zero-order chi connectivity index (χ0) is 15.2. The molecule has 0 bridgehead atoms. The summed E-state index contributed by atoms with van der Waals surface area (Å²) in [6.45, 7) is 12.1. The molecule has 1 aliphatic carbocycles. The first kappa shape index (κ1) is 17.2. The van der Waals surface area contributed by atoms with Crippen LogP contribution < -0.4 is 0 Å². The predicted octanol–water partition coefficient (Wildman–Crippen LogP) is 3.39. The lowest BCUT2D eigenvalue weighted by Crippen LogP contribution is -2.54. The zero-order valence-corrected chi connectivity index (χ0v) is 14.7. The molecule has 1 aliphatic heterocycles. The van der Waals surface area contributed by atoms with Crippen molar-refractivity contribution in [2.75, 3.05) is 33.3 Å². The number of hydrogen-bond acceptors (Lipinski definition) is 3. The van der Waals surface area contributed by atoms with Gasteiger partial charge in [0.2, 0.25) is 0 Å². The first-order chi connectivity index (χ1) is 10.1. The van der Waals surface area contributed by atoms with E-state index in [0.29, 0.717) is 12.1 Å². The molecule has 124 valence electrons. The largest absolute Gasteiger partial charge is 0.381 e. The Morgan fingerprint density at radius 1 is 1.10 bits per heavy atom. The average Bonchev–Trinajstić information content (AvgIpc) is 2.47. The van der Waals surface area contributed by atoms with Gasteiger partial charge in [0.1, 0.15) is 0 Å². The van der Waals surface area contributed by atoms with E-state index in [2.05, 4.69) is 30.6 Å². The van der Waals surface area contributed by atoms with Gasteiger partial charge in [-0.2, -0.15) is 0 Å². The number of rotatable bonds is 6. The van der Waals surface area contributed by atoms with Gasteiger partial charge in [0.05, 0.1) is 6.10 Å². The molecule has 1 saturated heterocycles. The third kappa shape index (κ3) is 5.22. The van der Waals surface area contributed by atoms with Crippen LogP contribution in [0.1, 0.15) is 59.3 Å². The van der Waals surface area contributed by atoms with Crippen molar-refractivity contribution in [3.05, 3.63) is 0 Å². The van der Waals surface area contributed by atoms with Crippen LogP contribution in [0.15, 0.2) is 0 Å². The van der Waals surface area contributed by atoms with Crippen molar-refractivity contribution >= 4 is 0 Å². The maximum absolute atomic E-state index is 5.47. The molecule has 0 radical (unpaired) electrons. The molecule has 1 atom stereocenters. The first-order valence-corrected chi connectivity index (χ1v) is 9.11. The summed E-state index contributed by atoms with van der Waals surface area (Å²) in [6.07, 6.45) is 8.69. The fourth-order valence-electron chi connectivity index (χ4n) is 4.28. The molecular formula is C18H36N2O. The van der Waals surface area contributed by atoms with Gasteiger partial charge in [0.15, 0.2) is 0 Å². The SMILES string of the molecule is CO[C@H]1CC[C@H](CCCN2CCN(C(C)C)[C@H](C)C2)CC1. The molecule has 21 heavy (non-hydrogen) atoms. The summed E-state index contributed by atoms with van der Waals surface area (Å²) < 4.78 is 5.47. The summed E-state index contributed by atoms with van der Waals surface area (Å²) in [5, 5.41) is 0. The van der Waals surface area contributed by atoms with Crippen molar-refractivity contribution in [2.45, 2.75) is 77.5 Å². The van der Waals surface area contributed by atoms with Crippen LogP contribution in [0.5, 0.6) is 0 Å². The van der Waals surface area contributed by atoms with E-state index >= 15 is 0 Å². The highest BCUT2D eigenvalue weighted by atomic mass is 16.5. The molecule has 0 unspecified atom stereocenters. The molecule has 0 amide bonds. The van der Waals surface area contributed by atoms with E-state index in [1.54, 1.807) is 0 Å². The van der Waals surface area contributed by atoms with Gasteiger partial charge in [-0.15, -0.1) is 0 Å². The molecule has 0 N–H and O–H groups in total. The smallest absolute Gasteiger partial charge is 0.0571 e. The quantitative estimate of drug-likeness (QED) is 0.747. The van der Waals surface area contributed by atoms with Crippen molar-refractivity contribution < 1.29 is 4.74 Å². The Bertz CT molecular complexity index is 287. The van der Waals surface area contributed by atoms with Crippen LogP contribution in [0.2, 0.25) is 0 Å². The van der Waals surface area contributed by atoms with Crippen LogP contribution in [0.4, 0.5) is 0 Å². The fourth-order valence-corrected chi connectivity index (χ4v) is 4.28. The molecule has 1 heterocycles. The second-order valence-electron chi connectivity index (χ2n) is 7.50. The van der Waals surface area contributed by atoms with Gasteiger partial charge >= 0.3 is 0 Å². The van der Waals surface area contributed by atoms with Crippen LogP contribution in [0, 0.1) is 5.92 Å². The number of methoxy groups -OCH3 is 1. The van der Waals surface area contributed by atoms with Crippen LogP contribution in [0.3, 0.4) is 0 Å². The third-order valence-corrected chi connectivity index (χ3v) is 5.64. The highest BCUT2D eigenvalue weighted by molar-refractivity contribution is 4.81. The second-order valence-corrected chi connectivity index (χ2v) is 7.50. The van der Waals surface area contributed by atoms with Crippen molar-refractivity contribution in [3.63, 3.8) is 0 Å². The van der Waals surface area contributed by atoms with Crippen LogP contribution in [-0.4, -0.2) is 61.3 Å². The lowest BCUT2D eigenvalue weighted by atomic mass is 9.84. The summed E-state index contributed by atoms with van der Waals surface area (Å²) in [4.78, 5) is 5.33. The van der Waals surface area contributed by atoms with E-state index in [9.17, 15) is 0 Å². The minimum absolute atomic E-state index is 0.547. The minimum atomic E-state index is 0.547. The molecule has 2 rings (SSSR count). The van der Waals surface area contributed by atoms with Crippen LogP contribution in [0.25, 0.3) is 0 Å². The standard InChI is InChI=1S/C18H36N2O/c1-15(2)20-13-12-19(14-16(20)3)11-5-6-17-7-9-18(21-4)10-8-17/h15-18H,5-14H2,1-4H3/t16-,17-,18-/m1/s1. The molecule has 2 aliphatic rings. The Kier molecular flexibility index (Phi) is 6.97. The monoisotopic (exact) mass is 296 g/mol. The summed E-state index contributed by atoms with van der Waals surface area (Å²) in [6, 6.07) is 1.41. The van der Waals surface area contributed by atoms with Gasteiger partial charge in [-0.3, -0.25) is 4.90 Å². The van der Waals surface area contributed by atoms with Crippen molar-refractivity contribution in [2.24, 2.45) is 5.92 Å². The Labute approximate surface area is 132 Å². The second kappa shape index (κ2) is 8.50. The summed E-state index contributed by atoms with van der Waals surface area (Å²) >= 11 is 0. The highest BCUT2D eigenvalue weighted by Crippen LogP contribution is 2.29. The van der Waals surface area contributed by atoms with E-state index in [-0.39, 0.29) is 0 Å². The third-order valence-electron chi connectivity index (χ3n) is 5.64. The summed E-state index contributed by atoms with van der Waals surface area (Å²) in [5.41, 5.74) is 0. The lowest BCUT2D eigenvalue weighted by molar-refractivity contribution is 0.0493. The predicted molar refractivity (Wildman–Crippen MR) is 89.7 cm³/mol. The number of ether oxygens (including phenoxy) is 1. The van der Waals surface area contributed by atoms with Gasteiger partial charge in [0.25, 0.3) is 0 Å². The van der Waals surface area contributed by atoms with Gasteiger partial charge in [-0.1, -0.05) is 0 Å². The number of piperazine rings is 1. The van der Waals surface area contributed by atoms with E-state index in [1.165, 1.54) is 64.7 Å². The first-order valence-electron chi connectivity index (χ1n) is 9.11. The average molecular weight is 296 g/mol. The van der Waals surface area contributed by atoms with Gasteiger partial charge in [0, 0.05) is 38.8 Å². The molecule has 3 heteroatoms. The minimum Gasteiger partial charge on any atom is -0.381 e. The molecule has 0 aromatic heterocycles. The fraction of sp³-hybridized carbons (Fsp3) is 1.00. The van der Waals surface area contributed by atoms with Crippen molar-refractivity contribution in [1.29, 1.82) is 0 Å². The molecular weight excluding hydrogens is 260 g/mol. The molecule has 0 aromatic carbocycles. The van der Waals surface area contributed by atoms with Crippen molar-refractivity contribution in [1.82, 2.24) is 9.80 Å². The highest BCUT2D eigenvalue weighted by Gasteiger charge is 2.25. The summed E-state index contributed by atoms with van der Waals surface area (Å²) in [7, 11) is 1.86. The number of hydrogen-bond donors (Lipinski definition) is 0. The molecule has 0 spiro atoms. The zero-order valence-electron chi connectivity index (χ0n) is 14.7. The van der Waals surface area contributed by atoms with Gasteiger partial charge in [-0.25, -0.2) is 0 Å². The maximum atomic E-state index is 5.47. The molecule has 3 nitrogen and oxygen atoms in total. The van der Waals surface area contributed by atoms with Crippen LogP contribution in [-0.2, 0) is 4.74 Å². The van der Waals surface area contributed by atoms with Crippen LogP contribution >= 0.6 is 0 Å². The molecule has 1 saturated carbocycles. The normalized spacial score (nSPS) is 32.7. The Hall–Kier alpha value is -0.120. The van der Waals surface area contributed by atoms with E-state index in [1.807, 2.05) is 7.11 Å². The Morgan fingerprint density at radius 2 is 1.81 bits per heavy atom. The topological polar surface area (TPSA) is 15.7 Å². The Balaban J connectivity index is 1.60.